The molecule has 0 heterocycles. The van der Waals surface area contributed by atoms with Gasteiger partial charge in [0.25, 0.3) is 0 Å². The zero-order valence-corrected chi connectivity index (χ0v) is 44.2. The van der Waals surface area contributed by atoms with E-state index in [-0.39, 0.29) is 18.5 Å². The third-order valence-corrected chi connectivity index (χ3v) is 13.4. The highest BCUT2D eigenvalue weighted by atomic mass is 16.5. The van der Waals surface area contributed by atoms with Crippen LogP contribution in [0.25, 0.3) is 0 Å². The number of esters is 1. The molecule has 6 nitrogen and oxygen atoms in total. The number of unbranched alkanes of at least 4 members (excludes halogenated alkanes) is 39. The van der Waals surface area contributed by atoms with E-state index in [0.29, 0.717) is 19.4 Å². The number of aliphatic hydroxyl groups is 2. The number of amides is 1. The Labute approximate surface area is 411 Å². The molecule has 388 valence electrons. The van der Waals surface area contributed by atoms with Gasteiger partial charge >= 0.3 is 5.97 Å². The van der Waals surface area contributed by atoms with Crippen LogP contribution in [0.2, 0.25) is 0 Å². The van der Waals surface area contributed by atoms with Crippen LogP contribution in [0.4, 0.5) is 0 Å². The number of allylic oxidation sites excluding steroid dienone is 5. The summed E-state index contributed by atoms with van der Waals surface area (Å²) in [7, 11) is 0. The standard InChI is InChI=1S/C60H113NO5/c1-3-5-7-9-11-13-14-30-34-38-42-46-50-54-60(65)66-55-51-47-43-39-35-32-29-27-25-23-21-19-17-15-16-18-20-22-24-26-28-31-33-37-41-45-49-53-59(64)61-57(56-62)58(63)52-48-44-40-36-12-10-8-6-4-2/h15-16,19,21,48,52,57-58,62-63H,3-14,17-18,20,22-47,49-51,53-56H2,1-2H3,(H,61,64)/b16-15-,21-19-,52-48+. The highest BCUT2D eigenvalue weighted by Gasteiger charge is 2.18. The molecule has 0 aliphatic heterocycles. The van der Waals surface area contributed by atoms with Crippen LogP contribution in [0.1, 0.15) is 309 Å². The van der Waals surface area contributed by atoms with E-state index in [9.17, 15) is 19.8 Å². The number of carbonyl (C=O) groups excluding carboxylic acids is 2. The predicted octanol–water partition coefficient (Wildman–Crippen LogP) is 18.0. The lowest BCUT2D eigenvalue weighted by molar-refractivity contribution is -0.143. The largest absolute Gasteiger partial charge is 0.466 e. The van der Waals surface area contributed by atoms with Crippen LogP contribution in [-0.2, 0) is 14.3 Å². The molecule has 0 bridgehead atoms. The fourth-order valence-electron chi connectivity index (χ4n) is 8.90. The van der Waals surface area contributed by atoms with Crippen molar-refractivity contribution in [2.45, 2.75) is 321 Å². The van der Waals surface area contributed by atoms with Crippen molar-refractivity contribution >= 4 is 11.9 Å². The lowest BCUT2D eigenvalue weighted by atomic mass is 10.0. The summed E-state index contributed by atoms with van der Waals surface area (Å²) >= 11 is 0. The van der Waals surface area contributed by atoms with Gasteiger partial charge in [-0.3, -0.25) is 9.59 Å². The highest BCUT2D eigenvalue weighted by molar-refractivity contribution is 5.76. The smallest absolute Gasteiger partial charge is 0.305 e. The fourth-order valence-corrected chi connectivity index (χ4v) is 8.90. The highest BCUT2D eigenvalue weighted by Crippen LogP contribution is 2.16. The summed E-state index contributed by atoms with van der Waals surface area (Å²) in [5, 5.41) is 22.9. The molecule has 0 radical (unpaired) electrons. The van der Waals surface area contributed by atoms with Gasteiger partial charge in [-0.05, 0) is 64.2 Å². The molecule has 0 aromatic heterocycles. The van der Waals surface area contributed by atoms with Crippen molar-refractivity contribution in [3.63, 3.8) is 0 Å². The molecule has 0 rings (SSSR count). The Bertz CT molecular complexity index is 1070. The number of aliphatic hydroxyl groups excluding tert-OH is 2. The monoisotopic (exact) mass is 928 g/mol. The first kappa shape index (κ1) is 64.1. The molecule has 2 atom stereocenters. The summed E-state index contributed by atoms with van der Waals surface area (Å²) in [6, 6.07) is -0.628. The van der Waals surface area contributed by atoms with Gasteiger partial charge < -0.3 is 20.3 Å². The number of hydrogen-bond acceptors (Lipinski definition) is 5. The van der Waals surface area contributed by atoms with E-state index in [1.54, 1.807) is 6.08 Å². The lowest BCUT2D eigenvalue weighted by Crippen LogP contribution is -2.45. The van der Waals surface area contributed by atoms with E-state index in [4.69, 9.17) is 4.74 Å². The molecule has 0 aliphatic carbocycles. The normalized spacial score (nSPS) is 12.8. The maximum atomic E-state index is 12.4. The van der Waals surface area contributed by atoms with Gasteiger partial charge in [-0.2, -0.15) is 0 Å². The van der Waals surface area contributed by atoms with E-state index in [1.807, 2.05) is 6.08 Å². The Morgan fingerprint density at radius 3 is 1.15 bits per heavy atom. The summed E-state index contributed by atoms with van der Waals surface area (Å²) in [6.45, 7) is 4.88. The lowest BCUT2D eigenvalue weighted by Gasteiger charge is -2.20. The van der Waals surface area contributed by atoms with Crippen LogP contribution in [0.3, 0.4) is 0 Å². The number of hydrogen-bond donors (Lipinski definition) is 3. The zero-order chi connectivity index (χ0) is 47.9. The molecule has 66 heavy (non-hydrogen) atoms. The molecule has 1 amide bonds. The van der Waals surface area contributed by atoms with Crippen molar-refractivity contribution in [1.29, 1.82) is 0 Å². The summed E-state index contributed by atoms with van der Waals surface area (Å²) in [4.78, 5) is 24.4. The zero-order valence-electron chi connectivity index (χ0n) is 44.2. The Balaban J connectivity index is 3.41. The van der Waals surface area contributed by atoms with Crippen LogP contribution in [0.15, 0.2) is 36.5 Å². The van der Waals surface area contributed by atoms with Gasteiger partial charge in [-0.25, -0.2) is 0 Å². The molecule has 0 aromatic carbocycles. The molecular formula is C60H113NO5. The van der Waals surface area contributed by atoms with Crippen molar-refractivity contribution < 1.29 is 24.5 Å². The Hall–Kier alpha value is -1.92. The number of rotatable bonds is 54. The minimum absolute atomic E-state index is 0.0114. The topological polar surface area (TPSA) is 95.9 Å². The maximum absolute atomic E-state index is 12.4. The first-order valence-electron chi connectivity index (χ1n) is 29.3. The predicted molar refractivity (Wildman–Crippen MR) is 287 cm³/mol. The second kappa shape index (κ2) is 55.7. The molecule has 6 heteroatoms. The van der Waals surface area contributed by atoms with Gasteiger partial charge in [-0.15, -0.1) is 0 Å². The first-order chi connectivity index (χ1) is 32.5. The van der Waals surface area contributed by atoms with Crippen LogP contribution in [0.5, 0.6) is 0 Å². The van der Waals surface area contributed by atoms with Gasteiger partial charge in [0.05, 0.1) is 25.4 Å². The number of nitrogens with one attached hydrogen (secondary N) is 1. The van der Waals surface area contributed by atoms with Gasteiger partial charge in [0.1, 0.15) is 0 Å². The summed E-state index contributed by atoms with van der Waals surface area (Å²) in [5.41, 5.74) is 0. The fraction of sp³-hybridized carbons (Fsp3) is 0.867. The quantitative estimate of drug-likeness (QED) is 0.0321. The molecule has 0 aliphatic rings. The minimum atomic E-state index is -0.844. The second-order valence-corrected chi connectivity index (χ2v) is 20.0. The Morgan fingerprint density at radius 1 is 0.424 bits per heavy atom. The summed E-state index contributed by atoms with van der Waals surface area (Å²) < 4.78 is 5.47. The van der Waals surface area contributed by atoms with E-state index >= 15 is 0 Å². The average Bonchev–Trinajstić information content (AvgIpc) is 3.32. The first-order valence-corrected chi connectivity index (χ1v) is 29.3. The van der Waals surface area contributed by atoms with Crippen molar-refractivity contribution in [2.24, 2.45) is 0 Å². The van der Waals surface area contributed by atoms with Gasteiger partial charge in [-0.1, -0.05) is 269 Å². The van der Waals surface area contributed by atoms with Gasteiger partial charge in [0.15, 0.2) is 0 Å². The van der Waals surface area contributed by atoms with Crippen LogP contribution in [0, 0.1) is 0 Å². The third kappa shape index (κ3) is 51.5. The van der Waals surface area contributed by atoms with E-state index in [1.165, 1.54) is 238 Å². The van der Waals surface area contributed by atoms with Crippen LogP contribution < -0.4 is 5.32 Å². The SMILES string of the molecule is CCCCCCCCC/C=C/C(O)C(CO)NC(=O)CCCCCCCCCCCCC/C=C\C/C=C\CCCCCCCCCCCOC(=O)CCCCCCCCCCCCCCC. The van der Waals surface area contributed by atoms with Crippen LogP contribution in [-0.4, -0.2) is 47.4 Å². The molecular weight excluding hydrogens is 815 g/mol. The van der Waals surface area contributed by atoms with Crippen LogP contribution >= 0.6 is 0 Å². The molecule has 0 aromatic rings. The Kier molecular flexibility index (Phi) is 54.1. The van der Waals surface area contributed by atoms with Gasteiger partial charge in [0, 0.05) is 12.8 Å². The second-order valence-electron chi connectivity index (χ2n) is 20.0. The third-order valence-electron chi connectivity index (χ3n) is 13.4. The minimum Gasteiger partial charge on any atom is -0.466 e. The van der Waals surface area contributed by atoms with Gasteiger partial charge in [0.2, 0.25) is 5.91 Å². The molecule has 0 saturated heterocycles. The van der Waals surface area contributed by atoms with Crippen molar-refractivity contribution in [1.82, 2.24) is 5.32 Å². The summed E-state index contributed by atoms with van der Waals surface area (Å²) in [5.74, 6) is -0.0625. The molecule has 0 fully saturated rings. The van der Waals surface area contributed by atoms with E-state index < -0.39 is 12.1 Å². The van der Waals surface area contributed by atoms with Crippen molar-refractivity contribution in [2.75, 3.05) is 13.2 Å². The number of carbonyl (C=O) groups is 2. The maximum Gasteiger partial charge on any atom is 0.305 e. The van der Waals surface area contributed by atoms with Crippen molar-refractivity contribution in [3.8, 4) is 0 Å². The molecule has 2 unspecified atom stereocenters. The summed E-state index contributed by atoms with van der Waals surface area (Å²) in [6.07, 6.45) is 69.0. The number of ether oxygens (including phenoxy) is 1. The average molecular weight is 929 g/mol. The van der Waals surface area contributed by atoms with E-state index in [0.717, 1.165) is 44.9 Å². The molecule has 0 spiro atoms. The molecule has 0 saturated carbocycles. The van der Waals surface area contributed by atoms with Crippen molar-refractivity contribution in [3.05, 3.63) is 36.5 Å². The van der Waals surface area contributed by atoms with E-state index in [2.05, 4.69) is 43.5 Å². The molecule has 3 N–H and O–H groups in total. The Morgan fingerprint density at radius 2 is 0.758 bits per heavy atom.